The number of amides is 1. The number of carbonyl (C=O) groups excluding carboxylic acids is 1. The van der Waals surface area contributed by atoms with Gasteiger partial charge >= 0.3 is 0 Å². The third-order valence-electron chi connectivity index (χ3n) is 4.97. The molecule has 0 saturated carbocycles. The highest BCUT2D eigenvalue weighted by Gasteiger charge is 2.22. The minimum Gasteiger partial charge on any atom is -0.340 e. The van der Waals surface area contributed by atoms with E-state index in [2.05, 4.69) is 37.3 Å². The first kappa shape index (κ1) is 16.3. The van der Waals surface area contributed by atoms with Crippen molar-refractivity contribution < 1.29 is 4.79 Å². The summed E-state index contributed by atoms with van der Waals surface area (Å²) in [7, 11) is 0. The molecule has 0 N–H and O–H groups in total. The maximum Gasteiger partial charge on any atom is 0.227 e. The van der Waals surface area contributed by atoms with Crippen LogP contribution < -0.4 is 0 Å². The highest BCUT2D eigenvalue weighted by atomic mass is 32.1. The maximum absolute atomic E-state index is 12.6. The largest absolute Gasteiger partial charge is 0.340 e. The number of para-hydroxylation sites is 1. The van der Waals surface area contributed by atoms with Crippen LogP contribution in [0.25, 0.3) is 20.8 Å². The number of hydrogen-bond donors (Lipinski definition) is 0. The Labute approximate surface area is 152 Å². The third-order valence-corrected chi connectivity index (χ3v) is 6.06. The van der Waals surface area contributed by atoms with Gasteiger partial charge in [-0.1, -0.05) is 36.4 Å². The minimum absolute atomic E-state index is 0.250. The van der Waals surface area contributed by atoms with Gasteiger partial charge in [0.05, 0.1) is 16.6 Å². The first-order valence-corrected chi connectivity index (χ1v) is 9.77. The third kappa shape index (κ3) is 3.45. The summed E-state index contributed by atoms with van der Waals surface area (Å²) in [6.07, 6.45) is 3.99. The molecule has 3 aromatic rings. The fraction of sp³-hybridized carbons (Fsp3) is 0.333. The van der Waals surface area contributed by atoms with Crippen LogP contribution in [0, 0.1) is 0 Å². The number of thiazole rings is 1. The molecule has 1 aliphatic rings. The van der Waals surface area contributed by atoms with Crippen LogP contribution in [0.15, 0.2) is 48.5 Å². The summed E-state index contributed by atoms with van der Waals surface area (Å²) in [5.74, 6) is 0.250. The molecule has 0 spiro atoms. The zero-order valence-corrected chi connectivity index (χ0v) is 15.3. The minimum atomic E-state index is 0.250. The maximum atomic E-state index is 12.6. The van der Waals surface area contributed by atoms with Crippen molar-refractivity contribution in [3.8, 4) is 10.6 Å². The molecule has 1 unspecified atom stereocenters. The Morgan fingerprint density at radius 1 is 1.16 bits per heavy atom. The van der Waals surface area contributed by atoms with Crippen molar-refractivity contribution in [3.05, 3.63) is 54.1 Å². The first-order chi connectivity index (χ1) is 12.2. The van der Waals surface area contributed by atoms with Crippen LogP contribution in [0.3, 0.4) is 0 Å². The summed E-state index contributed by atoms with van der Waals surface area (Å²) < 4.78 is 1.20. The van der Waals surface area contributed by atoms with E-state index in [-0.39, 0.29) is 5.91 Å². The van der Waals surface area contributed by atoms with E-state index in [1.807, 2.05) is 23.1 Å². The number of carbonyl (C=O) groups is 1. The van der Waals surface area contributed by atoms with Gasteiger partial charge in [0.1, 0.15) is 5.01 Å². The lowest BCUT2D eigenvalue weighted by Crippen LogP contribution is -2.42. The van der Waals surface area contributed by atoms with E-state index < -0.39 is 0 Å². The normalized spacial score (nSPS) is 17.8. The van der Waals surface area contributed by atoms with E-state index in [0.29, 0.717) is 12.5 Å². The number of hydrogen-bond acceptors (Lipinski definition) is 3. The van der Waals surface area contributed by atoms with Gasteiger partial charge in [-0.2, -0.15) is 0 Å². The molecule has 2 aromatic carbocycles. The highest BCUT2D eigenvalue weighted by Crippen LogP contribution is 2.30. The topological polar surface area (TPSA) is 33.2 Å². The monoisotopic (exact) mass is 350 g/mol. The van der Waals surface area contributed by atoms with Crippen LogP contribution in [0.1, 0.15) is 31.7 Å². The molecule has 1 fully saturated rings. The molecule has 4 rings (SSSR count). The van der Waals surface area contributed by atoms with Gasteiger partial charge < -0.3 is 4.90 Å². The number of benzene rings is 2. The molecule has 25 heavy (non-hydrogen) atoms. The van der Waals surface area contributed by atoms with Crippen molar-refractivity contribution in [1.29, 1.82) is 0 Å². The lowest BCUT2D eigenvalue weighted by molar-refractivity contribution is -0.133. The molecule has 1 saturated heterocycles. The van der Waals surface area contributed by atoms with Gasteiger partial charge in [0.15, 0.2) is 0 Å². The molecule has 1 atom stereocenters. The van der Waals surface area contributed by atoms with Crippen LogP contribution in [-0.2, 0) is 11.2 Å². The van der Waals surface area contributed by atoms with Crippen molar-refractivity contribution in [2.24, 2.45) is 0 Å². The number of piperidine rings is 1. The molecular formula is C21H22N2OS. The van der Waals surface area contributed by atoms with Crippen molar-refractivity contribution in [2.75, 3.05) is 6.54 Å². The Morgan fingerprint density at radius 2 is 1.96 bits per heavy atom. The number of likely N-dealkylation sites (tertiary alicyclic amines) is 1. The second-order valence-corrected chi connectivity index (χ2v) is 7.82. The molecule has 2 heterocycles. The van der Waals surface area contributed by atoms with E-state index in [0.717, 1.165) is 41.0 Å². The van der Waals surface area contributed by atoms with E-state index in [1.165, 1.54) is 11.1 Å². The Hall–Kier alpha value is -2.20. The summed E-state index contributed by atoms with van der Waals surface area (Å²) in [4.78, 5) is 19.3. The molecule has 0 bridgehead atoms. The van der Waals surface area contributed by atoms with E-state index >= 15 is 0 Å². The van der Waals surface area contributed by atoms with Gasteiger partial charge in [-0.05, 0) is 43.9 Å². The summed E-state index contributed by atoms with van der Waals surface area (Å²) >= 11 is 1.71. The van der Waals surface area contributed by atoms with E-state index in [9.17, 15) is 4.79 Å². The summed E-state index contributed by atoms with van der Waals surface area (Å²) in [5.41, 5.74) is 3.23. The van der Waals surface area contributed by atoms with Crippen molar-refractivity contribution in [3.63, 3.8) is 0 Å². The van der Waals surface area contributed by atoms with Gasteiger partial charge in [-0.3, -0.25) is 4.79 Å². The van der Waals surface area contributed by atoms with Crippen LogP contribution in [-0.4, -0.2) is 28.4 Å². The van der Waals surface area contributed by atoms with Gasteiger partial charge in [-0.15, -0.1) is 11.3 Å². The predicted molar refractivity (Wildman–Crippen MR) is 104 cm³/mol. The average molecular weight is 350 g/mol. The van der Waals surface area contributed by atoms with Crippen LogP contribution in [0.4, 0.5) is 0 Å². The molecule has 128 valence electrons. The molecule has 0 aliphatic carbocycles. The molecule has 1 aromatic heterocycles. The van der Waals surface area contributed by atoms with E-state index in [1.54, 1.807) is 11.3 Å². The Balaban J connectivity index is 1.49. The van der Waals surface area contributed by atoms with Crippen molar-refractivity contribution in [2.45, 2.75) is 38.6 Å². The SMILES string of the molecule is CC1CCCCN1C(=O)Cc1ccc(-c2nc3ccccc3s2)cc1. The smallest absolute Gasteiger partial charge is 0.227 e. The van der Waals surface area contributed by atoms with Crippen LogP contribution in [0.5, 0.6) is 0 Å². The number of aromatic nitrogens is 1. The zero-order valence-electron chi connectivity index (χ0n) is 14.4. The average Bonchev–Trinajstić information content (AvgIpc) is 3.07. The predicted octanol–water partition coefficient (Wildman–Crippen LogP) is 4.91. The lowest BCUT2D eigenvalue weighted by atomic mass is 10.0. The zero-order chi connectivity index (χ0) is 17.2. The lowest BCUT2D eigenvalue weighted by Gasteiger charge is -2.33. The number of rotatable bonds is 3. The van der Waals surface area contributed by atoms with Crippen molar-refractivity contribution >= 4 is 27.5 Å². The Morgan fingerprint density at radius 3 is 2.72 bits per heavy atom. The molecule has 4 heteroatoms. The Kier molecular flexibility index (Phi) is 4.53. The summed E-state index contributed by atoms with van der Waals surface area (Å²) in [5, 5.41) is 1.03. The van der Waals surface area contributed by atoms with Gasteiger partial charge in [0.25, 0.3) is 0 Å². The van der Waals surface area contributed by atoms with Gasteiger partial charge in [0, 0.05) is 18.2 Å². The van der Waals surface area contributed by atoms with Crippen LogP contribution >= 0.6 is 11.3 Å². The summed E-state index contributed by atoms with van der Waals surface area (Å²) in [6.45, 7) is 3.07. The van der Waals surface area contributed by atoms with Crippen molar-refractivity contribution in [1.82, 2.24) is 9.88 Å². The van der Waals surface area contributed by atoms with E-state index in [4.69, 9.17) is 4.98 Å². The molecule has 1 amide bonds. The first-order valence-electron chi connectivity index (χ1n) is 8.95. The molecule has 3 nitrogen and oxygen atoms in total. The molecule has 1 aliphatic heterocycles. The van der Waals surface area contributed by atoms with Crippen LogP contribution in [0.2, 0.25) is 0 Å². The number of nitrogens with zero attached hydrogens (tertiary/aromatic N) is 2. The fourth-order valence-electron chi connectivity index (χ4n) is 3.51. The Bertz CT molecular complexity index is 851. The molecule has 0 radical (unpaired) electrons. The highest BCUT2D eigenvalue weighted by molar-refractivity contribution is 7.21. The molecular weight excluding hydrogens is 328 g/mol. The second-order valence-electron chi connectivity index (χ2n) is 6.79. The fourth-order valence-corrected chi connectivity index (χ4v) is 4.48. The van der Waals surface area contributed by atoms with Gasteiger partial charge in [-0.25, -0.2) is 4.98 Å². The standard InChI is InChI=1S/C21H22N2OS/c1-15-6-4-5-13-23(15)20(24)14-16-9-11-17(12-10-16)21-22-18-7-2-3-8-19(18)25-21/h2-3,7-12,15H,4-6,13-14H2,1H3. The quantitative estimate of drug-likeness (QED) is 0.672. The second kappa shape index (κ2) is 6.96. The number of fused-ring (bicyclic) bond motifs is 1. The summed E-state index contributed by atoms with van der Waals surface area (Å²) in [6, 6.07) is 16.9. The van der Waals surface area contributed by atoms with Gasteiger partial charge in [0.2, 0.25) is 5.91 Å².